The molecule has 138 valence electrons. The second-order valence-corrected chi connectivity index (χ2v) is 6.61. The lowest BCUT2D eigenvalue weighted by Crippen LogP contribution is -2.13. The van der Waals surface area contributed by atoms with E-state index >= 15 is 0 Å². The van der Waals surface area contributed by atoms with E-state index in [0.717, 1.165) is 17.0 Å². The van der Waals surface area contributed by atoms with Crippen molar-refractivity contribution in [3.8, 4) is 11.5 Å². The van der Waals surface area contributed by atoms with Crippen molar-refractivity contribution in [2.45, 2.75) is 32.0 Å². The molecule has 0 aliphatic carbocycles. The lowest BCUT2D eigenvalue weighted by Gasteiger charge is -2.05. The first-order valence-corrected chi connectivity index (χ1v) is 8.95. The third-order valence-electron chi connectivity index (χ3n) is 3.27. The first-order valence-electron chi connectivity index (χ1n) is 7.96. The molecule has 1 aliphatic heterocycles. The number of esters is 1. The van der Waals surface area contributed by atoms with Gasteiger partial charge in [-0.1, -0.05) is 11.8 Å². The van der Waals surface area contributed by atoms with Crippen molar-refractivity contribution in [1.82, 2.24) is 15.2 Å². The van der Waals surface area contributed by atoms with E-state index in [2.05, 4.69) is 25.7 Å². The van der Waals surface area contributed by atoms with Crippen LogP contribution in [0.15, 0.2) is 28.5 Å². The van der Waals surface area contributed by atoms with Crippen LogP contribution in [-0.4, -0.2) is 45.5 Å². The van der Waals surface area contributed by atoms with E-state index in [4.69, 9.17) is 14.2 Å². The zero-order chi connectivity index (χ0) is 18.5. The number of hydrogen-bond acceptors (Lipinski definition) is 9. The summed E-state index contributed by atoms with van der Waals surface area (Å²) in [6.45, 7) is 5.70. The number of benzene rings is 1. The number of ether oxygens (including phenoxy) is 3. The van der Waals surface area contributed by atoms with Crippen LogP contribution in [0.5, 0.6) is 11.5 Å². The number of carbonyl (C=O) groups excluding carboxylic acids is 1. The topological polar surface area (TPSA) is 111 Å². The van der Waals surface area contributed by atoms with Crippen molar-refractivity contribution in [3.05, 3.63) is 23.8 Å². The Bertz CT molecular complexity index is 821. The molecular formula is C16H19N5O4S. The van der Waals surface area contributed by atoms with Gasteiger partial charge < -0.3 is 14.2 Å². The molecule has 1 aromatic heterocycles. The van der Waals surface area contributed by atoms with Gasteiger partial charge in [-0.25, -0.2) is 10.5 Å². The normalized spacial score (nSPS) is 13.2. The minimum atomic E-state index is -0.305. The summed E-state index contributed by atoms with van der Waals surface area (Å²) in [7, 11) is 0. The average molecular weight is 377 g/mol. The Morgan fingerprint density at radius 3 is 3.04 bits per heavy atom. The number of rotatable bonds is 7. The molecule has 0 spiro atoms. The Hall–Kier alpha value is -2.75. The van der Waals surface area contributed by atoms with Gasteiger partial charge in [-0.05, 0) is 39.0 Å². The molecule has 0 unspecified atom stereocenters. The summed E-state index contributed by atoms with van der Waals surface area (Å²) >= 11 is 1.19. The monoisotopic (exact) mass is 377 g/mol. The van der Waals surface area contributed by atoms with Gasteiger partial charge in [0.15, 0.2) is 11.5 Å². The smallest absolute Gasteiger partial charge is 0.316 e. The van der Waals surface area contributed by atoms with E-state index in [1.807, 2.05) is 25.1 Å². The first-order chi connectivity index (χ1) is 12.5. The Balaban J connectivity index is 1.55. The summed E-state index contributed by atoms with van der Waals surface area (Å²) in [6.07, 6.45) is -0.138. The zero-order valence-electron chi connectivity index (χ0n) is 14.6. The summed E-state index contributed by atoms with van der Waals surface area (Å²) in [5.41, 5.74) is 4.45. The van der Waals surface area contributed by atoms with E-state index in [1.165, 1.54) is 11.8 Å². The van der Waals surface area contributed by atoms with Gasteiger partial charge in [0, 0.05) is 5.56 Å². The molecule has 2 N–H and O–H groups in total. The van der Waals surface area contributed by atoms with E-state index in [1.54, 1.807) is 13.8 Å². The number of nitrogens with zero attached hydrogens (tertiary/aromatic N) is 3. The van der Waals surface area contributed by atoms with Gasteiger partial charge in [0.1, 0.15) is 0 Å². The number of H-pyrrole nitrogens is 1. The highest BCUT2D eigenvalue weighted by molar-refractivity contribution is 7.99. The van der Waals surface area contributed by atoms with Gasteiger partial charge in [0.25, 0.3) is 0 Å². The number of hydrazone groups is 1. The maximum absolute atomic E-state index is 11.5. The number of carbonyl (C=O) groups is 1. The SMILES string of the molecule is C/C(=N\Nc1nc(SCC(=O)OC(C)C)n[nH]1)c1ccc2c(c1)OCO2. The van der Waals surface area contributed by atoms with Crippen LogP contribution in [0, 0.1) is 0 Å². The Morgan fingerprint density at radius 1 is 1.42 bits per heavy atom. The fraction of sp³-hybridized carbons (Fsp3) is 0.375. The second-order valence-electron chi connectivity index (χ2n) is 5.67. The van der Waals surface area contributed by atoms with Gasteiger partial charge in [-0.2, -0.15) is 10.1 Å². The van der Waals surface area contributed by atoms with Gasteiger partial charge in [-0.3, -0.25) is 4.79 Å². The van der Waals surface area contributed by atoms with Crippen LogP contribution in [0.1, 0.15) is 26.3 Å². The standard InChI is InChI=1S/C16H19N5O4S/c1-9(2)25-14(22)7-26-16-17-15(20-21-16)19-18-10(3)11-4-5-12-13(6-11)24-8-23-12/h4-6,9H,7-8H2,1-3H3,(H2,17,19,20,21)/b18-10+. The fourth-order valence-corrected chi connectivity index (χ4v) is 2.69. The van der Waals surface area contributed by atoms with Crippen molar-refractivity contribution < 1.29 is 19.0 Å². The number of anilines is 1. The summed E-state index contributed by atoms with van der Waals surface area (Å²) in [5, 5.41) is 11.4. The van der Waals surface area contributed by atoms with Crippen molar-refractivity contribution in [1.29, 1.82) is 0 Å². The lowest BCUT2D eigenvalue weighted by atomic mass is 10.1. The molecule has 0 fully saturated rings. The average Bonchev–Trinajstić information content (AvgIpc) is 3.25. The summed E-state index contributed by atoms with van der Waals surface area (Å²) in [4.78, 5) is 15.7. The quantitative estimate of drug-likeness (QED) is 0.328. The fourth-order valence-electron chi connectivity index (χ4n) is 2.10. The highest BCUT2D eigenvalue weighted by Crippen LogP contribution is 2.32. The molecule has 0 atom stereocenters. The Kier molecular flexibility index (Phi) is 5.61. The van der Waals surface area contributed by atoms with E-state index in [-0.39, 0.29) is 24.6 Å². The van der Waals surface area contributed by atoms with Gasteiger partial charge >= 0.3 is 5.97 Å². The molecular weight excluding hydrogens is 358 g/mol. The van der Waals surface area contributed by atoms with Gasteiger partial charge in [-0.15, -0.1) is 5.10 Å². The maximum atomic E-state index is 11.5. The summed E-state index contributed by atoms with van der Waals surface area (Å²) in [6, 6.07) is 5.61. The van der Waals surface area contributed by atoms with Crippen molar-refractivity contribution >= 4 is 29.4 Å². The number of nitrogens with one attached hydrogen (secondary N) is 2. The van der Waals surface area contributed by atoms with Crippen LogP contribution >= 0.6 is 11.8 Å². The van der Waals surface area contributed by atoms with E-state index in [0.29, 0.717) is 16.9 Å². The molecule has 0 amide bonds. The largest absolute Gasteiger partial charge is 0.462 e. The predicted octanol–water partition coefficient (Wildman–Crippen LogP) is 2.41. The van der Waals surface area contributed by atoms with Crippen LogP contribution in [0.3, 0.4) is 0 Å². The number of thioether (sulfide) groups is 1. The molecule has 3 rings (SSSR count). The lowest BCUT2D eigenvalue weighted by molar-refractivity contribution is -0.144. The minimum Gasteiger partial charge on any atom is -0.462 e. The van der Waals surface area contributed by atoms with E-state index in [9.17, 15) is 4.79 Å². The first kappa shape index (κ1) is 18.1. The van der Waals surface area contributed by atoms with Gasteiger partial charge in [0.2, 0.25) is 17.9 Å². The zero-order valence-corrected chi connectivity index (χ0v) is 15.4. The van der Waals surface area contributed by atoms with Crippen LogP contribution < -0.4 is 14.9 Å². The maximum Gasteiger partial charge on any atom is 0.316 e. The van der Waals surface area contributed by atoms with Crippen molar-refractivity contribution in [2.24, 2.45) is 5.10 Å². The number of hydrogen-bond donors (Lipinski definition) is 2. The molecule has 26 heavy (non-hydrogen) atoms. The molecule has 1 aromatic carbocycles. The predicted molar refractivity (Wildman–Crippen MR) is 96.7 cm³/mol. The second kappa shape index (κ2) is 8.09. The summed E-state index contributed by atoms with van der Waals surface area (Å²) in [5.74, 6) is 1.64. The van der Waals surface area contributed by atoms with Crippen LogP contribution in [0.4, 0.5) is 5.95 Å². The van der Waals surface area contributed by atoms with Gasteiger partial charge in [0.05, 0.1) is 17.6 Å². The molecule has 0 bridgehead atoms. The third kappa shape index (κ3) is 4.66. The molecule has 10 heteroatoms. The Morgan fingerprint density at radius 2 is 2.23 bits per heavy atom. The molecule has 2 heterocycles. The molecule has 1 aliphatic rings. The van der Waals surface area contributed by atoms with Crippen LogP contribution in [0.25, 0.3) is 0 Å². The van der Waals surface area contributed by atoms with Crippen LogP contribution in [-0.2, 0) is 9.53 Å². The van der Waals surface area contributed by atoms with Crippen molar-refractivity contribution in [2.75, 3.05) is 18.0 Å². The molecule has 9 nitrogen and oxygen atoms in total. The number of aromatic nitrogens is 3. The Labute approximate surface area is 154 Å². The minimum absolute atomic E-state index is 0.138. The molecule has 0 saturated heterocycles. The number of aromatic amines is 1. The van der Waals surface area contributed by atoms with Crippen molar-refractivity contribution in [3.63, 3.8) is 0 Å². The van der Waals surface area contributed by atoms with Crippen LogP contribution in [0.2, 0.25) is 0 Å². The third-order valence-corrected chi connectivity index (χ3v) is 4.09. The highest BCUT2D eigenvalue weighted by Gasteiger charge is 2.14. The number of fused-ring (bicyclic) bond motifs is 1. The molecule has 0 saturated carbocycles. The molecule has 0 radical (unpaired) electrons. The van der Waals surface area contributed by atoms with E-state index < -0.39 is 0 Å². The molecule has 2 aromatic rings. The highest BCUT2D eigenvalue weighted by atomic mass is 32.2. The summed E-state index contributed by atoms with van der Waals surface area (Å²) < 4.78 is 15.7.